The van der Waals surface area contributed by atoms with Gasteiger partial charge < -0.3 is 5.32 Å². The van der Waals surface area contributed by atoms with Crippen molar-refractivity contribution >= 4 is 52.2 Å². The molecule has 120 valence electrons. The van der Waals surface area contributed by atoms with Crippen molar-refractivity contribution in [2.75, 3.05) is 11.1 Å². The standard InChI is InChI=1S/C14H9Cl2FN2O3S/c15-11-5-9(19(21)22)6-12(16)14(11)18-13(20)7-23-10-3-1-8(17)2-4-10/h1-6H,7H2,(H,18,20). The zero-order valence-corrected chi connectivity index (χ0v) is 13.7. The number of carbonyl (C=O) groups excluding carboxylic acids is 1. The molecule has 2 aromatic rings. The summed E-state index contributed by atoms with van der Waals surface area (Å²) in [6.45, 7) is 0. The molecule has 0 spiro atoms. The molecule has 0 aromatic heterocycles. The van der Waals surface area contributed by atoms with E-state index in [1.807, 2.05) is 0 Å². The molecule has 2 aromatic carbocycles. The summed E-state index contributed by atoms with van der Waals surface area (Å²) in [7, 11) is 0. The molecule has 0 unspecified atom stereocenters. The quantitative estimate of drug-likeness (QED) is 0.464. The number of rotatable bonds is 5. The second-order valence-electron chi connectivity index (χ2n) is 4.33. The molecular formula is C14H9Cl2FN2O3S. The third-order valence-corrected chi connectivity index (χ3v) is 4.29. The van der Waals surface area contributed by atoms with Gasteiger partial charge >= 0.3 is 0 Å². The Morgan fingerprint density at radius 1 is 1.22 bits per heavy atom. The number of nitro benzene ring substituents is 1. The van der Waals surface area contributed by atoms with Crippen LogP contribution in [0.3, 0.4) is 0 Å². The SMILES string of the molecule is O=C(CSc1ccc(F)cc1)Nc1c(Cl)cc([N+](=O)[O-])cc1Cl. The van der Waals surface area contributed by atoms with E-state index in [4.69, 9.17) is 23.2 Å². The minimum absolute atomic E-state index is 0.0238. The average molecular weight is 375 g/mol. The first-order chi connectivity index (χ1) is 10.9. The summed E-state index contributed by atoms with van der Waals surface area (Å²) < 4.78 is 12.8. The Labute approximate surface area is 144 Å². The lowest BCUT2D eigenvalue weighted by molar-refractivity contribution is -0.384. The van der Waals surface area contributed by atoms with Crippen molar-refractivity contribution in [3.8, 4) is 0 Å². The van der Waals surface area contributed by atoms with Gasteiger partial charge in [-0.25, -0.2) is 4.39 Å². The minimum atomic E-state index is -0.631. The van der Waals surface area contributed by atoms with Crippen molar-refractivity contribution in [1.82, 2.24) is 0 Å². The van der Waals surface area contributed by atoms with Crippen LogP contribution in [0.25, 0.3) is 0 Å². The van der Waals surface area contributed by atoms with Crippen LogP contribution in [0.2, 0.25) is 10.0 Å². The fourth-order valence-electron chi connectivity index (χ4n) is 1.64. The highest BCUT2D eigenvalue weighted by Crippen LogP contribution is 2.34. The number of nitrogens with one attached hydrogen (secondary N) is 1. The summed E-state index contributed by atoms with van der Waals surface area (Å²) in [5, 5.41) is 13.2. The van der Waals surface area contributed by atoms with E-state index in [1.54, 1.807) is 12.1 Å². The zero-order valence-electron chi connectivity index (χ0n) is 11.4. The summed E-state index contributed by atoms with van der Waals surface area (Å²) >= 11 is 13.0. The normalized spacial score (nSPS) is 10.4. The van der Waals surface area contributed by atoms with Gasteiger partial charge in [0, 0.05) is 17.0 Å². The van der Waals surface area contributed by atoms with Crippen molar-refractivity contribution in [3.05, 3.63) is 62.4 Å². The first-order valence-electron chi connectivity index (χ1n) is 6.18. The van der Waals surface area contributed by atoms with Crippen LogP contribution in [0.5, 0.6) is 0 Å². The maximum Gasteiger partial charge on any atom is 0.272 e. The lowest BCUT2D eigenvalue weighted by Crippen LogP contribution is -2.14. The molecule has 0 atom stereocenters. The largest absolute Gasteiger partial charge is 0.323 e. The number of halogens is 3. The number of amides is 1. The first-order valence-corrected chi connectivity index (χ1v) is 7.92. The minimum Gasteiger partial charge on any atom is -0.323 e. The maximum atomic E-state index is 12.8. The van der Waals surface area contributed by atoms with Crippen LogP contribution in [0.15, 0.2) is 41.3 Å². The van der Waals surface area contributed by atoms with E-state index >= 15 is 0 Å². The monoisotopic (exact) mass is 374 g/mol. The Kier molecular flexibility index (Phi) is 5.81. The molecule has 5 nitrogen and oxygen atoms in total. The molecule has 0 saturated carbocycles. The van der Waals surface area contributed by atoms with Crippen molar-refractivity contribution in [2.24, 2.45) is 0 Å². The predicted molar refractivity (Wildman–Crippen MR) is 88.9 cm³/mol. The summed E-state index contributed by atoms with van der Waals surface area (Å²) in [5.41, 5.74) is -0.151. The molecule has 1 N–H and O–H groups in total. The second kappa shape index (κ2) is 7.63. The first kappa shape index (κ1) is 17.5. The van der Waals surface area contributed by atoms with E-state index in [-0.39, 0.29) is 33.0 Å². The Morgan fingerprint density at radius 3 is 2.30 bits per heavy atom. The molecule has 0 bridgehead atoms. The number of thioether (sulfide) groups is 1. The molecule has 0 aliphatic carbocycles. The van der Waals surface area contributed by atoms with Crippen LogP contribution in [0.1, 0.15) is 0 Å². The maximum absolute atomic E-state index is 12.8. The van der Waals surface area contributed by atoms with Gasteiger partial charge in [0.05, 0.1) is 26.4 Å². The van der Waals surface area contributed by atoms with Gasteiger partial charge in [0.2, 0.25) is 5.91 Å². The van der Waals surface area contributed by atoms with E-state index in [0.29, 0.717) is 0 Å². The predicted octanol–water partition coefficient (Wildman–Crippen LogP) is 4.77. The van der Waals surface area contributed by atoms with Gasteiger partial charge in [0.15, 0.2) is 0 Å². The Balaban J connectivity index is 2.02. The van der Waals surface area contributed by atoms with Gasteiger partial charge in [0.1, 0.15) is 5.82 Å². The number of hydrogen-bond donors (Lipinski definition) is 1. The van der Waals surface area contributed by atoms with Gasteiger partial charge in [0.25, 0.3) is 5.69 Å². The number of benzene rings is 2. The van der Waals surface area contributed by atoms with Crippen LogP contribution >= 0.6 is 35.0 Å². The molecule has 0 aliphatic heterocycles. The highest BCUT2D eigenvalue weighted by atomic mass is 35.5. The van der Waals surface area contributed by atoms with Crippen molar-refractivity contribution in [2.45, 2.75) is 4.90 Å². The average Bonchev–Trinajstić information content (AvgIpc) is 2.50. The number of hydrogen-bond acceptors (Lipinski definition) is 4. The van der Waals surface area contributed by atoms with Gasteiger partial charge in [-0.3, -0.25) is 14.9 Å². The van der Waals surface area contributed by atoms with Gasteiger partial charge in [-0.1, -0.05) is 23.2 Å². The lowest BCUT2D eigenvalue weighted by Gasteiger charge is -2.09. The molecule has 0 aliphatic rings. The number of nitrogens with zero attached hydrogens (tertiary/aromatic N) is 1. The summed E-state index contributed by atoms with van der Waals surface area (Å²) in [6.07, 6.45) is 0. The van der Waals surface area contributed by atoms with E-state index in [2.05, 4.69) is 5.32 Å². The van der Waals surface area contributed by atoms with E-state index in [0.717, 1.165) is 17.0 Å². The molecule has 1 amide bonds. The van der Waals surface area contributed by atoms with Crippen LogP contribution in [-0.4, -0.2) is 16.6 Å². The van der Waals surface area contributed by atoms with Gasteiger partial charge in [-0.15, -0.1) is 11.8 Å². The summed E-state index contributed by atoms with van der Waals surface area (Å²) in [6, 6.07) is 7.92. The summed E-state index contributed by atoms with van der Waals surface area (Å²) in [4.78, 5) is 22.7. The van der Waals surface area contributed by atoms with Crippen molar-refractivity contribution in [3.63, 3.8) is 0 Å². The fraction of sp³-hybridized carbons (Fsp3) is 0.0714. The number of non-ortho nitro benzene ring substituents is 1. The summed E-state index contributed by atoms with van der Waals surface area (Å²) in [5.74, 6) is -0.699. The fourth-order valence-corrected chi connectivity index (χ4v) is 2.91. The third-order valence-electron chi connectivity index (χ3n) is 2.69. The smallest absolute Gasteiger partial charge is 0.272 e. The highest BCUT2D eigenvalue weighted by Gasteiger charge is 2.16. The van der Waals surface area contributed by atoms with Crippen LogP contribution in [0, 0.1) is 15.9 Å². The van der Waals surface area contributed by atoms with Crippen molar-refractivity contribution in [1.29, 1.82) is 0 Å². The molecule has 9 heteroatoms. The molecule has 23 heavy (non-hydrogen) atoms. The number of nitro groups is 1. The van der Waals surface area contributed by atoms with E-state index in [9.17, 15) is 19.3 Å². The van der Waals surface area contributed by atoms with Crippen LogP contribution < -0.4 is 5.32 Å². The molecular weight excluding hydrogens is 366 g/mol. The Morgan fingerprint density at radius 2 is 1.78 bits per heavy atom. The number of carbonyl (C=O) groups is 1. The molecule has 0 fully saturated rings. The highest BCUT2D eigenvalue weighted by molar-refractivity contribution is 8.00. The second-order valence-corrected chi connectivity index (χ2v) is 6.20. The number of anilines is 1. The van der Waals surface area contributed by atoms with Gasteiger partial charge in [-0.05, 0) is 24.3 Å². The topological polar surface area (TPSA) is 72.2 Å². The zero-order chi connectivity index (χ0) is 17.0. The van der Waals surface area contributed by atoms with Crippen LogP contribution in [0.4, 0.5) is 15.8 Å². The lowest BCUT2D eigenvalue weighted by atomic mass is 10.3. The van der Waals surface area contributed by atoms with Crippen LogP contribution in [-0.2, 0) is 4.79 Å². The molecule has 0 radical (unpaired) electrons. The van der Waals surface area contributed by atoms with Crippen molar-refractivity contribution < 1.29 is 14.1 Å². The van der Waals surface area contributed by atoms with E-state index in [1.165, 1.54) is 23.9 Å². The molecule has 0 heterocycles. The van der Waals surface area contributed by atoms with Gasteiger partial charge in [-0.2, -0.15) is 0 Å². The molecule has 0 saturated heterocycles. The van der Waals surface area contributed by atoms with E-state index < -0.39 is 10.8 Å². The third kappa shape index (κ3) is 4.82. The molecule has 2 rings (SSSR count). The Bertz CT molecular complexity index is 733. The Hall–Kier alpha value is -1.83.